The molecule has 5 rings (SSSR count). The molecule has 0 radical (unpaired) electrons. The SMILES string of the molecule is COc1cc([C@H]2C(C(=O)Nc3ccccc3)=C(C)Nc3ncnn32)cc(Br)c1OCc1ccc(C)cc1. The summed E-state index contributed by atoms with van der Waals surface area (Å²) < 4.78 is 14.3. The fraction of sp³-hybridized carbons (Fsp3) is 0.179. The standard InChI is InChI=1S/C28H26BrN5O3/c1-17-9-11-19(12-10-17)15-37-26-22(29)13-20(14-23(26)36-3)25-24(18(2)32-28-30-16-31-34(25)28)27(35)33-21-7-5-4-6-8-21/h4-14,16,25H,15H2,1-3H3,(H,33,35)(H,30,31,32)/t25-/m0/s1. The molecule has 0 aliphatic carbocycles. The first-order valence-electron chi connectivity index (χ1n) is 11.7. The van der Waals surface area contributed by atoms with Gasteiger partial charge in [-0.1, -0.05) is 48.0 Å². The third kappa shape index (κ3) is 5.08. The van der Waals surface area contributed by atoms with Gasteiger partial charge in [0.1, 0.15) is 19.0 Å². The van der Waals surface area contributed by atoms with E-state index in [1.807, 2.05) is 61.5 Å². The van der Waals surface area contributed by atoms with Crippen molar-refractivity contribution in [3.8, 4) is 11.5 Å². The van der Waals surface area contributed by atoms with Crippen molar-refractivity contribution < 1.29 is 14.3 Å². The summed E-state index contributed by atoms with van der Waals surface area (Å²) in [6, 6.07) is 20.8. The number of anilines is 2. The number of nitrogens with zero attached hydrogens (tertiary/aromatic N) is 3. The van der Waals surface area contributed by atoms with Crippen molar-refractivity contribution in [1.82, 2.24) is 14.8 Å². The van der Waals surface area contributed by atoms with Gasteiger partial charge in [0.05, 0.1) is 17.2 Å². The van der Waals surface area contributed by atoms with Crippen LogP contribution in [-0.4, -0.2) is 27.8 Å². The van der Waals surface area contributed by atoms with Crippen LogP contribution in [0.1, 0.15) is 29.7 Å². The van der Waals surface area contributed by atoms with Crippen molar-refractivity contribution in [2.75, 3.05) is 17.7 Å². The van der Waals surface area contributed by atoms with E-state index in [0.29, 0.717) is 45.5 Å². The zero-order chi connectivity index (χ0) is 25.9. The second kappa shape index (κ2) is 10.5. The number of aryl methyl sites for hydroxylation is 1. The van der Waals surface area contributed by atoms with Crippen LogP contribution in [0.4, 0.5) is 11.6 Å². The smallest absolute Gasteiger partial charge is 0.255 e. The number of allylic oxidation sites excluding steroid dienone is 1. The minimum absolute atomic E-state index is 0.239. The number of hydrogen-bond acceptors (Lipinski definition) is 6. The van der Waals surface area contributed by atoms with E-state index in [-0.39, 0.29) is 5.91 Å². The number of rotatable bonds is 7. The molecule has 0 unspecified atom stereocenters. The third-order valence-electron chi connectivity index (χ3n) is 6.14. The molecule has 0 saturated heterocycles. The molecule has 8 nitrogen and oxygen atoms in total. The number of carbonyl (C=O) groups excluding carboxylic acids is 1. The lowest BCUT2D eigenvalue weighted by Gasteiger charge is -2.29. The number of fused-ring (bicyclic) bond motifs is 1. The fourth-order valence-electron chi connectivity index (χ4n) is 4.29. The highest BCUT2D eigenvalue weighted by Crippen LogP contribution is 2.43. The Bertz CT molecular complexity index is 1470. The van der Waals surface area contributed by atoms with Gasteiger partial charge in [0, 0.05) is 11.4 Å². The average molecular weight is 560 g/mol. The van der Waals surface area contributed by atoms with Gasteiger partial charge in [-0.2, -0.15) is 10.1 Å². The highest BCUT2D eigenvalue weighted by Gasteiger charge is 2.34. The number of benzene rings is 3. The summed E-state index contributed by atoms with van der Waals surface area (Å²) >= 11 is 3.66. The van der Waals surface area contributed by atoms with Crippen LogP contribution in [-0.2, 0) is 11.4 Å². The number of methoxy groups -OCH3 is 1. The van der Waals surface area contributed by atoms with Crippen molar-refractivity contribution in [3.63, 3.8) is 0 Å². The third-order valence-corrected chi connectivity index (χ3v) is 6.73. The summed E-state index contributed by atoms with van der Waals surface area (Å²) in [4.78, 5) is 17.9. The van der Waals surface area contributed by atoms with Gasteiger partial charge in [-0.05, 0) is 65.2 Å². The molecule has 0 spiro atoms. The fourth-order valence-corrected chi connectivity index (χ4v) is 4.86. The van der Waals surface area contributed by atoms with Crippen LogP contribution in [0.2, 0.25) is 0 Å². The Hall–Kier alpha value is -4.11. The predicted octanol–water partition coefficient (Wildman–Crippen LogP) is 5.86. The normalized spacial score (nSPS) is 14.5. The minimum atomic E-state index is -0.543. The van der Waals surface area contributed by atoms with Gasteiger partial charge in [0.25, 0.3) is 5.91 Å². The molecular weight excluding hydrogens is 534 g/mol. The van der Waals surface area contributed by atoms with Crippen molar-refractivity contribution in [2.45, 2.75) is 26.5 Å². The molecule has 0 bridgehead atoms. The number of hydrogen-bond donors (Lipinski definition) is 2. The summed E-state index contributed by atoms with van der Waals surface area (Å²) in [7, 11) is 1.59. The van der Waals surface area contributed by atoms with Crippen LogP contribution in [0.5, 0.6) is 11.5 Å². The molecular formula is C28H26BrN5O3. The summed E-state index contributed by atoms with van der Waals surface area (Å²) in [6.07, 6.45) is 1.46. The maximum Gasteiger partial charge on any atom is 0.255 e. The molecule has 3 aromatic carbocycles. The van der Waals surface area contributed by atoms with E-state index in [1.165, 1.54) is 11.9 Å². The van der Waals surface area contributed by atoms with Gasteiger partial charge in [-0.25, -0.2) is 4.68 Å². The molecule has 0 fully saturated rings. The minimum Gasteiger partial charge on any atom is -0.493 e. The molecule has 9 heteroatoms. The number of para-hydroxylation sites is 1. The first-order valence-corrected chi connectivity index (χ1v) is 12.5. The molecule has 4 aromatic rings. The Morgan fingerprint density at radius 2 is 1.86 bits per heavy atom. The quantitative estimate of drug-likeness (QED) is 0.294. The lowest BCUT2D eigenvalue weighted by Crippen LogP contribution is -2.31. The lowest BCUT2D eigenvalue weighted by atomic mass is 9.94. The van der Waals surface area contributed by atoms with E-state index in [0.717, 1.165) is 11.1 Å². The molecule has 1 aliphatic heterocycles. The number of nitrogens with one attached hydrogen (secondary N) is 2. The van der Waals surface area contributed by atoms with Gasteiger partial charge < -0.3 is 20.1 Å². The van der Waals surface area contributed by atoms with E-state index in [2.05, 4.69) is 55.7 Å². The average Bonchev–Trinajstić information content (AvgIpc) is 3.36. The molecule has 1 atom stereocenters. The van der Waals surface area contributed by atoms with Gasteiger partial charge in [-0.15, -0.1) is 0 Å². The molecule has 2 heterocycles. The Morgan fingerprint density at radius 1 is 1.11 bits per heavy atom. The van der Waals surface area contributed by atoms with Crippen molar-refractivity contribution in [3.05, 3.63) is 105 Å². The van der Waals surface area contributed by atoms with E-state index in [4.69, 9.17) is 9.47 Å². The molecule has 0 saturated carbocycles. The van der Waals surface area contributed by atoms with Crippen molar-refractivity contribution >= 4 is 33.5 Å². The molecule has 188 valence electrons. The second-order valence-electron chi connectivity index (χ2n) is 8.72. The van der Waals surface area contributed by atoms with Gasteiger partial charge in [0.2, 0.25) is 5.95 Å². The van der Waals surface area contributed by atoms with Crippen LogP contribution >= 0.6 is 15.9 Å². The first-order chi connectivity index (χ1) is 17.9. The molecule has 1 aliphatic rings. The molecule has 2 N–H and O–H groups in total. The number of halogens is 1. The van der Waals surface area contributed by atoms with E-state index in [1.54, 1.807) is 11.8 Å². The molecule has 1 amide bonds. The lowest BCUT2D eigenvalue weighted by molar-refractivity contribution is -0.113. The number of aromatic nitrogens is 3. The number of carbonyl (C=O) groups is 1. The van der Waals surface area contributed by atoms with E-state index < -0.39 is 6.04 Å². The van der Waals surface area contributed by atoms with Crippen molar-refractivity contribution in [1.29, 1.82) is 0 Å². The summed E-state index contributed by atoms with van der Waals surface area (Å²) in [5, 5.41) is 10.6. The van der Waals surface area contributed by atoms with Crippen LogP contribution in [0.3, 0.4) is 0 Å². The first kappa shape index (κ1) is 24.6. The maximum atomic E-state index is 13.5. The maximum absolute atomic E-state index is 13.5. The predicted molar refractivity (Wildman–Crippen MR) is 146 cm³/mol. The van der Waals surface area contributed by atoms with Gasteiger partial charge in [0.15, 0.2) is 11.5 Å². The van der Waals surface area contributed by atoms with Crippen LogP contribution in [0, 0.1) is 6.92 Å². The summed E-state index contributed by atoms with van der Waals surface area (Å²) in [5.74, 6) is 1.43. The van der Waals surface area contributed by atoms with E-state index in [9.17, 15) is 4.79 Å². The zero-order valence-corrected chi connectivity index (χ0v) is 22.2. The van der Waals surface area contributed by atoms with Gasteiger partial charge >= 0.3 is 0 Å². The summed E-state index contributed by atoms with van der Waals surface area (Å²) in [6.45, 7) is 4.30. The number of amides is 1. The largest absolute Gasteiger partial charge is 0.493 e. The summed E-state index contributed by atoms with van der Waals surface area (Å²) in [5.41, 5.74) is 4.94. The molecule has 1 aromatic heterocycles. The Labute approximate surface area is 223 Å². The molecule has 37 heavy (non-hydrogen) atoms. The monoisotopic (exact) mass is 559 g/mol. The zero-order valence-electron chi connectivity index (χ0n) is 20.7. The Kier molecular flexibility index (Phi) is 6.96. The number of ether oxygens (including phenoxy) is 2. The van der Waals surface area contributed by atoms with Gasteiger partial charge in [-0.3, -0.25) is 4.79 Å². The Morgan fingerprint density at radius 3 is 2.59 bits per heavy atom. The van der Waals surface area contributed by atoms with Crippen molar-refractivity contribution in [2.24, 2.45) is 0 Å². The topological polar surface area (TPSA) is 90.3 Å². The second-order valence-corrected chi connectivity index (χ2v) is 9.58. The highest BCUT2D eigenvalue weighted by atomic mass is 79.9. The van der Waals surface area contributed by atoms with Crippen LogP contribution in [0.15, 0.2) is 88.8 Å². The van der Waals surface area contributed by atoms with E-state index >= 15 is 0 Å². The Balaban J connectivity index is 1.51. The van der Waals surface area contributed by atoms with Crippen LogP contribution < -0.4 is 20.1 Å². The van der Waals surface area contributed by atoms with Crippen LogP contribution in [0.25, 0.3) is 0 Å². The highest BCUT2D eigenvalue weighted by molar-refractivity contribution is 9.10.